The first-order chi connectivity index (χ1) is 5.84. The molecule has 0 saturated heterocycles. The Bertz CT molecular complexity index is 183. The van der Waals surface area contributed by atoms with Gasteiger partial charge in [-0.05, 0) is 19.8 Å². The molecule has 78 valence electrons. The molecule has 1 unspecified atom stereocenters. The molecule has 0 rings (SSSR count). The monoisotopic (exact) mass is 186 g/mol. The second-order valence-electron chi connectivity index (χ2n) is 4.40. The summed E-state index contributed by atoms with van der Waals surface area (Å²) in [5, 5.41) is 0. The van der Waals surface area contributed by atoms with Crippen molar-refractivity contribution in [3.63, 3.8) is 0 Å². The van der Waals surface area contributed by atoms with E-state index < -0.39 is 5.54 Å². The Balaban J connectivity index is 4.75. The highest BCUT2D eigenvalue weighted by molar-refractivity contribution is 5.92. The Labute approximate surface area is 81.0 Å². The maximum absolute atomic E-state index is 12.0. The average molecular weight is 186 g/mol. The van der Waals surface area contributed by atoms with Gasteiger partial charge in [0.2, 0.25) is 0 Å². The summed E-state index contributed by atoms with van der Waals surface area (Å²) in [4.78, 5) is 12.0. The fourth-order valence-corrected chi connectivity index (χ4v) is 1.24. The summed E-state index contributed by atoms with van der Waals surface area (Å²) in [6.45, 7) is 9.75. The molecular weight excluding hydrogens is 164 g/mol. The molecule has 0 radical (unpaired) electrons. The first-order valence-electron chi connectivity index (χ1n) is 4.86. The standard InChI is InChI=1S/C10H22N2O/c1-6-9(3,4)8(13)10(5,7-2)12-11/h12H,6-7,11H2,1-5H3. The third kappa shape index (κ3) is 2.51. The van der Waals surface area contributed by atoms with Crippen LogP contribution in [0.25, 0.3) is 0 Å². The lowest BCUT2D eigenvalue weighted by Gasteiger charge is -2.34. The second kappa shape index (κ2) is 4.20. The van der Waals surface area contributed by atoms with Crippen LogP contribution in [0.1, 0.15) is 47.5 Å². The summed E-state index contributed by atoms with van der Waals surface area (Å²) in [7, 11) is 0. The molecule has 0 aromatic rings. The molecule has 0 amide bonds. The Morgan fingerprint density at radius 2 is 1.69 bits per heavy atom. The van der Waals surface area contributed by atoms with E-state index in [4.69, 9.17) is 5.84 Å². The molecule has 0 heterocycles. The highest BCUT2D eigenvalue weighted by Gasteiger charge is 2.39. The zero-order chi connectivity index (χ0) is 10.7. The third-order valence-corrected chi connectivity index (χ3v) is 3.03. The van der Waals surface area contributed by atoms with Gasteiger partial charge in [0.05, 0.1) is 5.54 Å². The van der Waals surface area contributed by atoms with Gasteiger partial charge in [0.15, 0.2) is 5.78 Å². The maximum Gasteiger partial charge on any atom is 0.159 e. The highest BCUT2D eigenvalue weighted by Crippen LogP contribution is 2.28. The van der Waals surface area contributed by atoms with Crippen molar-refractivity contribution in [2.45, 2.75) is 53.0 Å². The number of hydrazine groups is 1. The van der Waals surface area contributed by atoms with E-state index in [1.807, 2.05) is 34.6 Å². The molecule has 0 aliphatic carbocycles. The first-order valence-corrected chi connectivity index (χ1v) is 4.86. The van der Waals surface area contributed by atoms with E-state index in [9.17, 15) is 4.79 Å². The molecule has 0 aromatic heterocycles. The second-order valence-corrected chi connectivity index (χ2v) is 4.40. The lowest BCUT2D eigenvalue weighted by atomic mass is 9.75. The number of Topliss-reactive ketones (excluding diaryl/α,β-unsaturated/α-hetero) is 1. The van der Waals surface area contributed by atoms with Crippen molar-refractivity contribution < 1.29 is 4.79 Å². The quantitative estimate of drug-likeness (QED) is 0.507. The maximum atomic E-state index is 12.0. The van der Waals surface area contributed by atoms with Crippen LogP contribution in [0.5, 0.6) is 0 Å². The summed E-state index contributed by atoms with van der Waals surface area (Å²) >= 11 is 0. The molecule has 1 atom stereocenters. The zero-order valence-corrected chi connectivity index (χ0v) is 9.40. The Morgan fingerprint density at radius 3 is 1.92 bits per heavy atom. The van der Waals surface area contributed by atoms with Crippen molar-refractivity contribution in [1.29, 1.82) is 0 Å². The van der Waals surface area contributed by atoms with Gasteiger partial charge >= 0.3 is 0 Å². The van der Waals surface area contributed by atoms with Gasteiger partial charge in [-0.3, -0.25) is 10.6 Å². The molecule has 0 aliphatic rings. The van der Waals surface area contributed by atoms with E-state index in [-0.39, 0.29) is 11.2 Å². The largest absolute Gasteiger partial charge is 0.297 e. The van der Waals surface area contributed by atoms with Gasteiger partial charge in [-0.1, -0.05) is 27.7 Å². The number of ketones is 1. The molecule has 3 N–H and O–H groups in total. The van der Waals surface area contributed by atoms with Crippen LogP contribution in [-0.2, 0) is 4.79 Å². The number of carbonyl (C=O) groups excluding carboxylic acids is 1. The van der Waals surface area contributed by atoms with Crippen molar-refractivity contribution in [1.82, 2.24) is 5.43 Å². The highest BCUT2D eigenvalue weighted by atomic mass is 16.1. The van der Waals surface area contributed by atoms with Crippen molar-refractivity contribution in [2.24, 2.45) is 11.3 Å². The van der Waals surface area contributed by atoms with Crippen LogP contribution in [0.4, 0.5) is 0 Å². The molecule has 0 aromatic carbocycles. The minimum Gasteiger partial charge on any atom is -0.297 e. The normalized spacial score (nSPS) is 16.8. The molecular formula is C10H22N2O. The van der Waals surface area contributed by atoms with Crippen LogP contribution in [0, 0.1) is 5.41 Å². The van der Waals surface area contributed by atoms with Crippen LogP contribution in [-0.4, -0.2) is 11.3 Å². The van der Waals surface area contributed by atoms with Crippen molar-refractivity contribution >= 4 is 5.78 Å². The molecule has 0 aliphatic heterocycles. The topological polar surface area (TPSA) is 55.1 Å². The zero-order valence-electron chi connectivity index (χ0n) is 9.40. The Hall–Kier alpha value is -0.410. The van der Waals surface area contributed by atoms with E-state index in [0.717, 1.165) is 6.42 Å². The molecule has 0 spiro atoms. The van der Waals surface area contributed by atoms with E-state index in [0.29, 0.717) is 6.42 Å². The SMILES string of the molecule is CCC(C)(C)C(=O)C(C)(CC)NN. The van der Waals surface area contributed by atoms with Gasteiger partial charge in [0.25, 0.3) is 0 Å². The third-order valence-electron chi connectivity index (χ3n) is 3.03. The number of hydrogen-bond acceptors (Lipinski definition) is 3. The van der Waals surface area contributed by atoms with Crippen molar-refractivity contribution in [2.75, 3.05) is 0 Å². The molecule has 0 bridgehead atoms. The van der Waals surface area contributed by atoms with Crippen LogP contribution in [0.2, 0.25) is 0 Å². The fourth-order valence-electron chi connectivity index (χ4n) is 1.24. The van der Waals surface area contributed by atoms with Crippen LogP contribution < -0.4 is 11.3 Å². The summed E-state index contributed by atoms with van der Waals surface area (Å²) in [5.41, 5.74) is 1.74. The lowest BCUT2D eigenvalue weighted by molar-refractivity contribution is -0.133. The number of nitrogens with one attached hydrogen (secondary N) is 1. The molecule has 3 heteroatoms. The van der Waals surface area contributed by atoms with E-state index in [1.54, 1.807) is 0 Å². The Kier molecular flexibility index (Phi) is 4.07. The predicted octanol–water partition coefficient (Wildman–Crippen LogP) is 1.62. The summed E-state index contributed by atoms with van der Waals surface area (Å²) in [5.74, 6) is 5.59. The minimum atomic E-state index is -0.584. The molecule has 0 saturated carbocycles. The summed E-state index contributed by atoms with van der Waals surface area (Å²) in [6.07, 6.45) is 1.55. The van der Waals surface area contributed by atoms with E-state index >= 15 is 0 Å². The average Bonchev–Trinajstić information content (AvgIpc) is 2.15. The van der Waals surface area contributed by atoms with Gasteiger partial charge in [-0.2, -0.15) is 0 Å². The lowest BCUT2D eigenvalue weighted by Crippen LogP contribution is -2.56. The number of rotatable bonds is 5. The predicted molar refractivity (Wildman–Crippen MR) is 55.1 cm³/mol. The van der Waals surface area contributed by atoms with Crippen molar-refractivity contribution in [3.05, 3.63) is 0 Å². The molecule has 13 heavy (non-hydrogen) atoms. The smallest absolute Gasteiger partial charge is 0.159 e. The van der Waals surface area contributed by atoms with E-state index in [1.165, 1.54) is 0 Å². The number of nitrogens with two attached hydrogens (primary N) is 1. The van der Waals surface area contributed by atoms with Crippen LogP contribution >= 0.6 is 0 Å². The Morgan fingerprint density at radius 1 is 1.23 bits per heavy atom. The number of hydrogen-bond donors (Lipinski definition) is 2. The van der Waals surface area contributed by atoms with Crippen LogP contribution in [0.3, 0.4) is 0 Å². The van der Waals surface area contributed by atoms with Gasteiger partial charge in [-0.25, -0.2) is 5.43 Å². The minimum absolute atomic E-state index is 0.188. The van der Waals surface area contributed by atoms with Crippen molar-refractivity contribution in [3.8, 4) is 0 Å². The first kappa shape index (κ1) is 12.6. The summed E-state index contributed by atoms with van der Waals surface area (Å²) < 4.78 is 0. The van der Waals surface area contributed by atoms with Gasteiger partial charge in [-0.15, -0.1) is 0 Å². The van der Waals surface area contributed by atoms with Gasteiger partial charge in [0, 0.05) is 5.41 Å². The van der Waals surface area contributed by atoms with Gasteiger partial charge in [0.1, 0.15) is 0 Å². The summed E-state index contributed by atoms with van der Waals surface area (Å²) in [6, 6.07) is 0. The van der Waals surface area contributed by atoms with E-state index in [2.05, 4.69) is 5.43 Å². The number of carbonyl (C=O) groups is 1. The van der Waals surface area contributed by atoms with Gasteiger partial charge < -0.3 is 0 Å². The molecule has 0 fully saturated rings. The fraction of sp³-hybridized carbons (Fsp3) is 0.900. The molecule has 3 nitrogen and oxygen atoms in total. The van der Waals surface area contributed by atoms with Crippen LogP contribution in [0.15, 0.2) is 0 Å².